The Morgan fingerprint density at radius 3 is 1.63 bits per heavy atom. The Balaban J connectivity index is 0.000000194. The predicted octanol–water partition coefficient (Wildman–Crippen LogP) is 7.04. The fourth-order valence-electron chi connectivity index (χ4n) is 4.89. The number of aromatic nitrogens is 2. The van der Waals surface area contributed by atoms with Crippen LogP contribution >= 0.6 is 0 Å². The van der Waals surface area contributed by atoms with Crippen LogP contribution in [0.5, 0.6) is 0 Å². The highest BCUT2D eigenvalue weighted by Crippen LogP contribution is 2.34. The highest BCUT2D eigenvalue weighted by molar-refractivity contribution is 6.41. The van der Waals surface area contributed by atoms with Crippen LogP contribution < -0.4 is 0 Å². The van der Waals surface area contributed by atoms with Gasteiger partial charge in [-0.05, 0) is 34.2 Å². The van der Waals surface area contributed by atoms with Crippen LogP contribution in [0.15, 0.2) is 159 Å². The number of imidazole rings is 1. The lowest BCUT2D eigenvalue weighted by atomic mass is 9.92. The standard InChI is InChI=1S/C20H22N2Si.C14H11B/c1-2-3-16-23-20(22-15-14-21-17-22,18-10-6-4-7-11-18)19-12-8-5-9-13-19;15-11-14(12-7-3-1-4-8-12)13-9-5-2-6-10-13/h2,4-15,17H,1,3,16,23H2;1-11H. The molecule has 1 aromatic heterocycles. The van der Waals surface area contributed by atoms with E-state index in [4.69, 9.17) is 7.85 Å². The molecule has 0 atom stereocenters. The molecule has 38 heavy (non-hydrogen) atoms. The third kappa shape index (κ3) is 6.40. The van der Waals surface area contributed by atoms with Gasteiger partial charge in [0.1, 0.15) is 7.85 Å². The lowest BCUT2D eigenvalue weighted by Crippen LogP contribution is -2.41. The van der Waals surface area contributed by atoms with Gasteiger partial charge in [-0.3, -0.25) is 0 Å². The van der Waals surface area contributed by atoms with Gasteiger partial charge in [0.15, 0.2) is 0 Å². The van der Waals surface area contributed by atoms with Crippen LogP contribution in [0.25, 0.3) is 5.57 Å². The normalized spacial score (nSPS) is 10.9. The van der Waals surface area contributed by atoms with Crippen molar-refractivity contribution in [3.05, 3.63) is 181 Å². The topological polar surface area (TPSA) is 17.8 Å². The van der Waals surface area contributed by atoms with Gasteiger partial charge in [-0.1, -0.05) is 133 Å². The van der Waals surface area contributed by atoms with E-state index < -0.39 is 9.52 Å². The molecule has 4 heteroatoms. The van der Waals surface area contributed by atoms with Crippen molar-refractivity contribution in [3.8, 4) is 0 Å². The second kappa shape index (κ2) is 14.0. The van der Waals surface area contributed by atoms with Crippen molar-refractivity contribution in [1.29, 1.82) is 0 Å². The van der Waals surface area contributed by atoms with Gasteiger partial charge in [0.25, 0.3) is 0 Å². The maximum Gasteiger partial charge on any atom is 0.103 e. The molecule has 0 N–H and O–H groups in total. The first-order valence-electron chi connectivity index (χ1n) is 13.0. The van der Waals surface area contributed by atoms with Crippen molar-refractivity contribution in [2.24, 2.45) is 0 Å². The molecule has 0 unspecified atom stereocenters. The smallest absolute Gasteiger partial charge is 0.103 e. The van der Waals surface area contributed by atoms with Crippen molar-refractivity contribution < 1.29 is 0 Å². The van der Waals surface area contributed by atoms with Gasteiger partial charge >= 0.3 is 0 Å². The molecule has 2 radical (unpaired) electrons. The SMILES string of the molecule is C=CCC[SiH2]C(c1ccccc1)(c1ccccc1)n1ccnc1.[B]C=C(c1ccccc1)c1ccccc1. The van der Waals surface area contributed by atoms with Crippen LogP contribution in [0.4, 0.5) is 0 Å². The van der Waals surface area contributed by atoms with Crippen molar-refractivity contribution in [2.75, 3.05) is 0 Å². The van der Waals surface area contributed by atoms with Gasteiger partial charge in [0, 0.05) is 12.4 Å². The predicted molar refractivity (Wildman–Crippen MR) is 165 cm³/mol. The van der Waals surface area contributed by atoms with E-state index in [0.717, 1.165) is 23.1 Å². The number of rotatable bonds is 9. The Kier molecular flexibility index (Phi) is 9.89. The Bertz CT molecular complexity index is 1300. The number of hydrogen-bond donors (Lipinski definition) is 0. The molecule has 0 spiro atoms. The highest BCUT2D eigenvalue weighted by atomic mass is 28.2. The van der Waals surface area contributed by atoms with Crippen LogP contribution in [-0.2, 0) is 5.16 Å². The number of hydrogen-bond acceptors (Lipinski definition) is 1. The molecule has 5 aromatic rings. The van der Waals surface area contributed by atoms with Crippen molar-refractivity contribution in [1.82, 2.24) is 9.55 Å². The second-order valence-corrected chi connectivity index (χ2v) is 11.3. The minimum atomic E-state index is -0.506. The molecule has 0 amide bonds. The molecule has 0 bridgehead atoms. The van der Waals surface area contributed by atoms with Crippen LogP contribution in [0.1, 0.15) is 28.7 Å². The van der Waals surface area contributed by atoms with Crippen LogP contribution in [0.2, 0.25) is 6.04 Å². The molecule has 2 nitrogen and oxygen atoms in total. The monoisotopic (exact) mass is 508 g/mol. The lowest BCUT2D eigenvalue weighted by Gasteiger charge is -2.36. The summed E-state index contributed by atoms with van der Waals surface area (Å²) in [5.41, 5.74) is 6.05. The van der Waals surface area contributed by atoms with E-state index in [1.807, 2.05) is 55.0 Å². The van der Waals surface area contributed by atoms with Crippen LogP contribution in [-0.4, -0.2) is 26.9 Å². The van der Waals surface area contributed by atoms with Crippen LogP contribution in [0.3, 0.4) is 0 Å². The third-order valence-electron chi connectivity index (χ3n) is 6.73. The summed E-state index contributed by atoms with van der Waals surface area (Å²) >= 11 is 0. The molecule has 0 aliphatic carbocycles. The first kappa shape index (κ1) is 26.9. The second-order valence-electron chi connectivity index (χ2n) is 9.06. The largest absolute Gasteiger partial charge is 0.327 e. The molecule has 0 saturated carbocycles. The van der Waals surface area contributed by atoms with Gasteiger partial charge in [0.05, 0.1) is 21.0 Å². The minimum Gasteiger partial charge on any atom is -0.327 e. The Hall–Kier alpha value is -4.15. The zero-order valence-corrected chi connectivity index (χ0v) is 23.1. The zero-order valence-electron chi connectivity index (χ0n) is 21.7. The van der Waals surface area contributed by atoms with E-state index in [0.29, 0.717) is 0 Å². The molecule has 0 saturated heterocycles. The Labute approximate surface area is 230 Å². The summed E-state index contributed by atoms with van der Waals surface area (Å²) in [5.74, 6) is 1.66. The first-order valence-corrected chi connectivity index (χ1v) is 14.7. The third-order valence-corrected chi connectivity index (χ3v) is 9.40. The number of nitrogens with zero attached hydrogens (tertiary/aromatic N) is 2. The average molecular weight is 509 g/mol. The summed E-state index contributed by atoms with van der Waals surface area (Å²) < 4.78 is 2.30. The lowest BCUT2D eigenvalue weighted by molar-refractivity contribution is 0.590. The number of benzene rings is 4. The van der Waals surface area contributed by atoms with Gasteiger partial charge in [-0.15, -0.1) is 12.6 Å². The summed E-state index contributed by atoms with van der Waals surface area (Å²) in [7, 11) is 5.17. The van der Waals surface area contributed by atoms with Crippen LogP contribution in [0, 0.1) is 0 Å². The van der Waals surface area contributed by atoms with E-state index in [1.54, 1.807) is 5.98 Å². The molecule has 0 aliphatic rings. The maximum atomic E-state index is 5.67. The van der Waals surface area contributed by atoms with Gasteiger partial charge < -0.3 is 4.57 Å². The Morgan fingerprint density at radius 2 is 1.24 bits per heavy atom. The highest BCUT2D eigenvalue weighted by Gasteiger charge is 2.35. The van der Waals surface area contributed by atoms with E-state index in [2.05, 4.69) is 107 Å². The summed E-state index contributed by atoms with van der Waals surface area (Å²) in [6, 6.07) is 43.2. The first-order chi connectivity index (χ1) is 18.8. The van der Waals surface area contributed by atoms with Gasteiger partial charge in [-0.2, -0.15) is 0 Å². The molecular formula is C34H33BN2Si. The summed E-state index contributed by atoms with van der Waals surface area (Å²) in [6.07, 6.45) is 9.04. The molecule has 5 rings (SSSR count). The summed E-state index contributed by atoms with van der Waals surface area (Å²) in [5, 5.41) is -0.0952. The molecular weight excluding hydrogens is 475 g/mol. The van der Waals surface area contributed by atoms with E-state index >= 15 is 0 Å². The van der Waals surface area contributed by atoms with E-state index in [9.17, 15) is 0 Å². The maximum absolute atomic E-state index is 5.67. The average Bonchev–Trinajstić information content (AvgIpc) is 3.54. The fourth-order valence-corrected chi connectivity index (χ4v) is 7.39. The Morgan fingerprint density at radius 1 is 0.763 bits per heavy atom. The molecule has 4 aromatic carbocycles. The molecule has 1 heterocycles. The fraction of sp³-hybridized carbons (Fsp3) is 0.0882. The van der Waals surface area contributed by atoms with E-state index in [-0.39, 0.29) is 5.16 Å². The van der Waals surface area contributed by atoms with Crippen molar-refractivity contribution in [3.63, 3.8) is 0 Å². The summed E-state index contributed by atoms with van der Waals surface area (Å²) in [4.78, 5) is 4.33. The minimum absolute atomic E-state index is 0.0952. The quantitative estimate of drug-likeness (QED) is 0.119. The molecule has 186 valence electrons. The number of allylic oxidation sites excluding steroid dienone is 1. The van der Waals surface area contributed by atoms with Crippen molar-refractivity contribution in [2.45, 2.75) is 17.6 Å². The van der Waals surface area contributed by atoms with Gasteiger partial charge in [0.2, 0.25) is 0 Å². The van der Waals surface area contributed by atoms with Gasteiger partial charge in [-0.25, -0.2) is 4.98 Å². The summed E-state index contributed by atoms with van der Waals surface area (Å²) in [6.45, 7) is 3.89. The van der Waals surface area contributed by atoms with Crippen molar-refractivity contribution >= 4 is 22.9 Å². The zero-order chi connectivity index (χ0) is 26.5. The molecule has 0 aliphatic heterocycles. The molecule has 0 fully saturated rings. The van der Waals surface area contributed by atoms with E-state index in [1.165, 1.54) is 17.2 Å².